The van der Waals surface area contributed by atoms with Crippen LogP contribution in [0.3, 0.4) is 0 Å². The van der Waals surface area contributed by atoms with Gasteiger partial charge in [-0.3, -0.25) is 4.79 Å². The summed E-state index contributed by atoms with van der Waals surface area (Å²) in [5, 5.41) is 10.2. The van der Waals surface area contributed by atoms with Crippen LogP contribution in [0.25, 0.3) is 4.85 Å². The van der Waals surface area contributed by atoms with Crippen LogP contribution < -0.4 is 15.1 Å². The maximum atomic E-state index is 11.6. The van der Waals surface area contributed by atoms with E-state index < -0.39 is 11.2 Å². The Bertz CT molecular complexity index is 989. The fourth-order valence-electron chi connectivity index (χ4n) is 3.03. The zero-order valence-corrected chi connectivity index (χ0v) is 18.4. The van der Waals surface area contributed by atoms with E-state index in [1.165, 1.54) is 7.48 Å². The molecule has 1 radical (unpaired) electrons. The average molecular weight is 420 g/mol. The Kier molecular flexibility index (Phi) is 6.68. The Morgan fingerprint density at radius 1 is 1.19 bits per heavy atom. The van der Waals surface area contributed by atoms with Crippen LogP contribution in [-0.4, -0.2) is 48.2 Å². The van der Waals surface area contributed by atoms with E-state index in [4.69, 9.17) is 16.0 Å². The minimum absolute atomic E-state index is 0.363. The van der Waals surface area contributed by atoms with Gasteiger partial charge in [0.25, 0.3) is 0 Å². The van der Waals surface area contributed by atoms with Crippen molar-refractivity contribution < 1.29 is 19.3 Å². The van der Waals surface area contributed by atoms with E-state index in [0.29, 0.717) is 34.2 Å². The normalized spacial score (nSPS) is 14.3. The maximum absolute atomic E-state index is 11.6. The Balaban J connectivity index is 1.78. The van der Waals surface area contributed by atoms with Gasteiger partial charge >= 0.3 is 7.48 Å². The van der Waals surface area contributed by atoms with Crippen LogP contribution in [0.4, 0.5) is 11.5 Å². The number of nitrogens with zero attached hydrogens (tertiary/aromatic N) is 3. The van der Waals surface area contributed by atoms with Gasteiger partial charge in [-0.2, -0.15) is 0 Å². The number of carbonyl (C=O) groups excluding carboxylic acids is 1. The summed E-state index contributed by atoms with van der Waals surface area (Å²) in [5.41, 5.74) is -0.442. The molecular formula is C23H27BN3O4. The monoisotopic (exact) mass is 420 g/mol. The molecule has 0 unspecified atom stereocenters. The molecule has 1 fully saturated rings. The summed E-state index contributed by atoms with van der Waals surface area (Å²) in [7, 11) is 1.47. The molecule has 0 saturated carbocycles. The third-order valence-corrected chi connectivity index (χ3v) is 5.72. The van der Waals surface area contributed by atoms with Gasteiger partial charge in [0, 0.05) is 18.7 Å². The molecule has 1 saturated heterocycles. The van der Waals surface area contributed by atoms with Crippen molar-refractivity contribution in [3.63, 3.8) is 0 Å². The molecule has 1 aliphatic rings. The van der Waals surface area contributed by atoms with Crippen LogP contribution in [0, 0.1) is 6.57 Å². The van der Waals surface area contributed by atoms with Gasteiger partial charge < -0.3 is 19.4 Å². The Hall–Kier alpha value is -2.89. The second kappa shape index (κ2) is 9.09. The molecule has 0 amide bonds. The van der Waals surface area contributed by atoms with E-state index >= 15 is 0 Å². The molecule has 7 nitrogen and oxygen atoms in total. The van der Waals surface area contributed by atoms with Gasteiger partial charge in [-0.25, -0.2) is 9.83 Å². The lowest BCUT2D eigenvalue weighted by molar-refractivity contribution is -0.0893. The van der Waals surface area contributed by atoms with E-state index in [-0.39, 0.29) is 0 Å². The molecule has 1 aromatic heterocycles. The maximum Gasteiger partial charge on any atom is 0.331 e. The standard InChI is InChI=1S/C23H27BN3O4/c1-22(2,29)23(3,4)31-24-18-9-8-17(14-16(18)15-28)30-20-11-10-19(25-5)21(26-20)27-12-6-7-13-27/h8-11,14-15,29H,6-7,12-13H2,1-4H3. The first-order chi connectivity index (χ1) is 14.6. The Morgan fingerprint density at radius 3 is 2.52 bits per heavy atom. The summed E-state index contributed by atoms with van der Waals surface area (Å²) < 4.78 is 11.6. The van der Waals surface area contributed by atoms with Crippen LogP contribution >= 0.6 is 0 Å². The fraction of sp³-hybridized carbons (Fsp3) is 0.435. The zero-order chi connectivity index (χ0) is 22.6. The van der Waals surface area contributed by atoms with Crippen molar-refractivity contribution in [1.29, 1.82) is 0 Å². The first-order valence-electron chi connectivity index (χ1n) is 10.3. The predicted molar refractivity (Wildman–Crippen MR) is 121 cm³/mol. The van der Waals surface area contributed by atoms with Crippen molar-refractivity contribution in [3.05, 3.63) is 47.3 Å². The van der Waals surface area contributed by atoms with E-state index in [0.717, 1.165) is 32.2 Å². The summed E-state index contributed by atoms with van der Waals surface area (Å²) >= 11 is 0. The number of ether oxygens (including phenoxy) is 1. The van der Waals surface area contributed by atoms with E-state index in [2.05, 4.69) is 14.7 Å². The van der Waals surface area contributed by atoms with Gasteiger partial charge in [0.2, 0.25) is 11.6 Å². The number of hydrogen-bond acceptors (Lipinski definition) is 6. The first kappa shape index (κ1) is 22.8. The molecular weight excluding hydrogens is 393 g/mol. The van der Waals surface area contributed by atoms with Gasteiger partial charge in [0.05, 0.1) is 17.8 Å². The molecule has 161 valence electrons. The van der Waals surface area contributed by atoms with Gasteiger partial charge in [-0.05, 0) is 70.3 Å². The number of pyridine rings is 1. The molecule has 1 N–H and O–H groups in total. The lowest BCUT2D eigenvalue weighted by Crippen LogP contribution is -2.49. The van der Waals surface area contributed by atoms with Gasteiger partial charge in [-0.15, -0.1) is 0 Å². The second-order valence-corrected chi connectivity index (χ2v) is 8.61. The van der Waals surface area contributed by atoms with Crippen LogP contribution in [0.15, 0.2) is 30.3 Å². The molecule has 1 aliphatic heterocycles. The SMILES string of the molecule is [C-]#[N+]c1ccc(Oc2ccc([B]OC(C)(C)C(C)(C)O)c(C=O)c2)nc1N1CCCC1. The van der Waals surface area contributed by atoms with Crippen LogP contribution in [0.5, 0.6) is 11.6 Å². The summed E-state index contributed by atoms with van der Waals surface area (Å²) in [6.07, 6.45) is 2.89. The molecule has 0 spiro atoms. The van der Waals surface area contributed by atoms with Crippen LogP contribution in [-0.2, 0) is 4.65 Å². The first-order valence-corrected chi connectivity index (χ1v) is 10.3. The van der Waals surface area contributed by atoms with Gasteiger partial charge in [-0.1, -0.05) is 6.07 Å². The summed E-state index contributed by atoms with van der Waals surface area (Å²) in [6, 6.07) is 8.41. The number of aromatic nitrogens is 1. The van der Waals surface area contributed by atoms with Crippen molar-refractivity contribution in [2.45, 2.75) is 51.7 Å². The highest BCUT2D eigenvalue weighted by molar-refractivity contribution is 6.49. The molecule has 31 heavy (non-hydrogen) atoms. The molecule has 2 heterocycles. The lowest BCUT2D eigenvalue weighted by atomic mass is 9.80. The molecule has 1 aromatic carbocycles. The summed E-state index contributed by atoms with van der Waals surface area (Å²) in [5.74, 6) is 1.45. The average Bonchev–Trinajstić information content (AvgIpc) is 3.26. The number of anilines is 1. The summed E-state index contributed by atoms with van der Waals surface area (Å²) in [6.45, 7) is 16.0. The highest BCUT2D eigenvalue weighted by Crippen LogP contribution is 2.33. The number of aliphatic hydroxyl groups is 1. The molecule has 0 atom stereocenters. The highest BCUT2D eigenvalue weighted by Gasteiger charge is 2.35. The smallest absolute Gasteiger partial charge is 0.331 e. The van der Waals surface area contributed by atoms with Crippen molar-refractivity contribution >= 4 is 30.7 Å². The van der Waals surface area contributed by atoms with Gasteiger partial charge in [0.1, 0.15) is 17.9 Å². The third-order valence-electron chi connectivity index (χ3n) is 5.72. The van der Waals surface area contributed by atoms with E-state index in [1.54, 1.807) is 58.0 Å². The number of hydrogen-bond donors (Lipinski definition) is 1. The molecule has 0 aliphatic carbocycles. The Labute approximate surface area is 184 Å². The predicted octanol–water partition coefficient (Wildman–Crippen LogP) is 3.65. The zero-order valence-electron chi connectivity index (χ0n) is 18.4. The second-order valence-electron chi connectivity index (χ2n) is 8.61. The number of benzene rings is 1. The number of aldehydes is 1. The fourth-order valence-corrected chi connectivity index (χ4v) is 3.03. The van der Waals surface area contributed by atoms with Crippen molar-refractivity contribution in [2.24, 2.45) is 0 Å². The van der Waals surface area contributed by atoms with Gasteiger partial charge in [0.15, 0.2) is 0 Å². The number of carbonyl (C=O) groups is 1. The topological polar surface area (TPSA) is 76.2 Å². The molecule has 3 rings (SSSR count). The molecule has 2 aromatic rings. The Morgan fingerprint density at radius 2 is 1.90 bits per heavy atom. The quantitative estimate of drug-likeness (QED) is 0.399. The molecule has 0 bridgehead atoms. The number of rotatable bonds is 8. The third kappa shape index (κ3) is 5.24. The minimum atomic E-state index is -1.07. The lowest BCUT2D eigenvalue weighted by Gasteiger charge is -2.37. The largest absolute Gasteiger partial charge is 0.439 e. The van der Waals surface area contributed by atoms with Crippen LogP contribution in [0.1, 0.15) is 50.9 Å². The summed E-state index contributed by atoms with van der Waals surface area (Å²) in [4.78, 5) is 21.8. The van der Waals surface area contributed by atoms with Crippen molar-refractivity contribution in [1.82, 2.24) is 4.98 Å². The minimum Gasteiger partial charge on any atom is -0.439 e. The van der Waals surface area contributed by atoms with E-state index in [1.807, 2.05) is 0 Å². The highest BCUT2D eigenvalue weighted by atomic mass is 16.5. The van der Waals surface area contributed by atoms with Crippen molar-refractivity contribution in [3.8, 4) is 11.6 Å². The van der Waals surface area contributed by atoms with Crippen LogP contribution in [0.2, 0.25) is 0 Å². The van der Waals surface area contributed by atoms with E-state index in [9.17, 15) is 9.90 Å². The molecule has 8 heteroatoms. The van der Waals surface area contributed by atoms with Crippen molar-refractivity contribution in [2.75, 3.05) is 18.0 Å².